The number of allylic oxidation sites excluding steroid dienone is 2. The summed E-state index contributed by atoms with van der Waals surface area (Å²) >= 11 is 0. The number of hydrogen-bond donors (Lipinski definition) is 0. The van der Waals surface area contributed by atoms with Crippen molar-refractivity contribution in [1.29, 1.82) is 0 Å². The van der Waals surface area contributed by atoms with Crippen molar-refractivity contribution in [2.45, 2.75) is 20.8 Å². The fourth-order valence-corrected chi connectivity index (χ4v) is 1.66. The van der Waals surface area contributed by atoms with Gasteiger partial charge in [-0.15, -0.1) is 0 Å². The van der Waals surface area contributed by atoms with Crippen molar-refractivity contribution in [2.75, 3.05) is 0 Å². The zero-order valence-electron chi connectivity index (χ0n) is 11.0. The SMILES string of the molecule is CC(C)=C(C)c1c([N+](=O)[O-])c(=O)n(C)c(=O)n1C. The van der Waals surface area contributed by atoms with Crippen molar-refractivity contribution >= 4 is 11.3 Å². The molecule has 0 unspecified atom stereocenters. The molecular weight excluding hydrogens is 238 g/mol. The van der Waals surface area contributed by atoms with Crippen molar-refractivity contribution in [3.8, 4) is 0 Å². The number of nitro groups is 1. The summed E-state index contributed by atoms with van der Waals surface area (Å²) < 4.78 is 1.86. The standard InChI is InChI=1S/C11H15N3O4/c1-6(2)7(3)8-9(14(17)18)10(15)13(5)11(16)12(8)4/h1-5H3. The van der Waals surface area contributed by atoms with E-state index < -0.39 is 21.9 Å². The second-order valence-corrected chi connectivity index (χ2v) is 4.29. The van der Waals surface area contributed by atoms with E-state index in [0.717, 1.165) is 14.7 Å². The smallest absolute Gasteiger partial charge is 0.290 e. The first-order valence-electron chi connectivity index (χ1n) is 5.29. The summed E-state index contributed by atoms with van der Waals surface area (Å²) in [5.74, 6) is 0. The van der Waals surface area contributed by atoms with Crippen LogP contribution in [0.1, 0.15) is 26.5 Å². The maximum Gasteiger partial charge on any atom is 0.357 e. The molecule has 1 aromatic rings. The largest absolute Gasteiger partial charge is 0.357 e. The van der Waals surface area contributed by atoms with E-state index in [-0.39, 0.29) is 5.69 Å². The van der Waals surface area contributed by atoms with Gasteiger partial charge >= 0.3 is 16.9 Å². The minimum absolute atomic E-state index is 0.0631. The van der Waals surface area contributed by atoms with Gasteiger partial charge in [0.2, 0.25) is 0 Å². The predicted octanol–water partition coefficient (Wildman–Crippen LogP) is 0.806. The molecule has 0 amide bonds. The van der Waals surface area contributed by atoms with Gasteiger partial charge in [-0.1, -0.05) is 5.57 Å². The van der Waals surface area contributed by atoms with Crippen molar-refractivity contribution < 1.29 is 4.92 Å². The first-order chi connectivity index (χ1) is 8.20. The van der Waals surface area contributed by atoms with E-state index >= 15 is 0 Å². The molecule has 0 spiro atoms. The van der Waals surface area contributed by atoms with Crippen LogP contribution in [0.2, 0.25) is 0 Å². The summed E-state index contributed by atoms with van der Waals surface area (Å²) in [5, 5.41) is 11.0. The highest BCUT2D eigenvalue weighted by Gasteiger charge is 2.26. The van der Waals surface area contributed by atoms with Crippen molar-refractivity contribution in [2.24, 2.45) is 14.1 Å². The first kappa shape index (κ1) is 13.9. The third-order valence-corrected chi connectivity index (χ3v) is 2.93. The molecule has 18 heavy (non-hydrogen) atoms. The molecular formula is C11H15N3O4. The molecule has 1 heterocycles. The number of hydrogen-bond acceptors (Lipinski definition) is 4. The Morgan fingerprint density at radius 2 is 1.61 bits per heavy atom. The summed E-state index contributed by atoms with van der Waals surface area (Å²) in [5.41, 5.74) is -0.619. The van der Waals surface area contributed by atoms with E-state index in [0.29, 0.717) is 5.57 Å². The summed E-state index contributed by atoms with van der Waals surface area (Å²) in [4.78, 5) is 33.9. The maximum atomic E-state index is 11.8. The molecule has 0 aliphatic heterocycles. The van der Waals surface area contributed by atoms with Gasteiger partial charge < -0.3 is 0 Å². The van der Waals surface area contributed by atoms with E-state index in [4.69, 9.17) is 0 Å². The second kappa shape index (κ2) is 4.59. The second-order valence-electron chi connectivity index (χ2n) is 4.29. The van der Waals surface area contributed by atoms with E-state index in [9.17, 15) is 19.7 Å². The summed E-state index contributed by atoms with van der Waals surface area (Å²) in [6, 6.07) is 0. The Balaban J connectivity index is 4.04. The third-order valence-electron chi connectivity index (χ3n) is 2.93. The fourth-order valence-electron chi connectivity index (χ4n) is 1.66. The maximum absolute atomic E-state index is 11.8. The Labute approximate surface area is 103 Å². The Hall–Kier alpha value is -2.18. The van der Waals surface area contributed by atoms with Gasteiger partial charge in [-0.25, -0.2) is 4.79 Å². The number of aromatic nitrogens is 2. The number of rotatable bonds is 2. The lowest BCUT2D eigenvalue weighted by Crippen LogP contribution is -2.39. The van der Waals surface area contributed by atoms with Crippen LogP contribution in [0.4, 0.5) is 5.69 Å². The zero-order chi connectivity index (χ0) is 14.2. The molecule has 0 radical (unpaired) electrons. The van der Waals surface area contributed by atoms with Gasteiger partial charge in [0.05, 0.1) is 4.92 Å². The molecule has 1 aromatic heterocycles. The molecule has 0 aliphatic carbocycles. The molecule has 7 nitrogen and oxygen atoms in total. The van der Waals surface area contributed by atoms with Crippen LogP contribution in [0.5, 0.6) is 0 Å². The normalized spacial score (nSPS) is 10.3. The van der Waals surface area contributed by atoms with E-state index in [1.54, 1.807) is 20.8 Å². The van der Waals surface area contributed by atoms with Gasteiger partial charge in [-0.2, -0.15) is 0 Å². The Morgan fingerprint density at radius 3 is 2.00 bits per heavy atom. The molecule has 0 fully saturated rings. The van der Waals surface area contributed by atoms with Crippen LogP contribution in [0.3, 0.4) is 0 Å². The van der Waals surface area contributed by atoms with Crippen molar-refractivity contribution in [3.05, 3.63) is 42.2 Å². The molecule has 7 heteroatoms. The van der Waals surface area contributed by atoms with Crippen molar-refractivity contribution in [1.82, 2.24) is 9.13 Å². The molecule has 0 aliphatic rings. The van der Waals surface area contributed by atoms with Crippen LogP contribution < -0.4 is 11.2 Å². The van der Waals surface area contributed by atoms with Gasteiger partial charge in [0.25, 0.3) is 0 Å². The lowest BCUT2D eigenvalue weighted by atomic mass is 10.1. The Morgan fingerprint density at radius 1 is 1.11 bits per heavy atom. The monoisotopic (exact) mass is 253 g/mol. The van der Waals surface area contributed by atoms with Crippen LogP contribution in [-0.2, 0) is 14.1 Å². The summed E-state index contributed by atoms with van der Waals surface area (Å²) in [6.45, 7) is 5.18. The van der Waals surface area contributed by atoms with Gasteiger partial charge in [0.15, 0.2) is 0 Å². The lowest BCUT2D eigenvalue weighted by molar-refractivity contribution is -0.387. The topological polar surface area (TPSA) is 87.1 Å². The van der Waals surface area contributed by atoms with Gasteiger partial charge in [0.1, 0.15) is 5.69 Å². The van der Waals surface area contributed by atoms with E-state index in [2.05, 4.69) is 0 Å². The summed E-state index contributed by atoms with van der Waals surface area (Å²) in [7, 11) is 2.63. The van der Waals surface area contributed by atoms with Crippen LogP contribution in [-0.4, -0.2) is 14.1 Å². The predicted molar refractivity (Wildman–Crippen MR) is 67.5 cm³/mol. The Bertz CT molecular complexity index is 660. The molecule has 0 N–H and O–H groups in total. The fraction of sp³-hybridized carbons (Fsp3) is 0.455. The van der Waals surface area contributed by atoms with E-state index in [1.165, 1.54) is 14.1 Å². The molecule has 0 saturated carbocycles. The van der Waals surface area contributed by atoms with Gasteiger partial charge in [0, 0.05) is 14.1 Å². The highest BCUT2D eigenvalue weighted by atomic mass is 16.6. The van der Waals surface area contributed by atoms with Gasteiger partial charge in [-0.05, 0) is 26.3 Å². The minimum atomic E-state index is -0.890. The van der Waals surface area contributed by atoms with Gasteiger partial charge in [-0.3, -0.25) is 24.0 Å². The van der Waals surface area contributed by atoms with Crippen LogP contribution in [0.25, 0.3) is 5.57 Å². The first-order valence-corrected chi connectivity index (χ1v) is 5.29. The molecule has 0 saturated heterocycles. The molecule has 1 rings (SSSR count). The zero-order valence-corrected chi connectivity index (χ0v) is 11.0. The lowest BCUT2D eigenvalue weighted by Gasteiger charge is -2.11. The highest BCUT2D eigenvalue weighted by molar-refractivity contribution is 5.70. The van der Waals surface area contributed by atoms with Crippen LogP contribution in [0, 0.1) is 10.1 Å². The number of nitrogens with zero attached hydrogens (tertiary/aromatic N) is 3. The molecule has 98 valence electrons. The third kappa shape index (κ3) is 1.99. The summed E-state index contributed by atoms with van der Waals surface area (Å²) in [6.07, 6.45) is 0. The quantitative estimate of drug-likeness (QED) is 0.576. The van der Waals surface area contributed by atoms with Crippen LogP contribution in [0.15, 0.2) is 15.2 Å². The average molecular weight is 253 g/mol. The molecule has 0 aromatic carbocycles. The average Bonchev–Trinajstić information content (AvgIpc) is 2.29. The molecule has 0 atom stereocenters. The molecule has 0 bridgehead atoms. The van der Waals surface area contributed by atoms with Crippen molar-refractivity contribution in [3.63, 3.8) is 0 Å². The highest BCUT2D eigenvalue weighted by Crippen LogP contribution is 2.22. The minimum Gasteiger partial charge on any atom is -0.290 e. The van der Waals surface area contributed by atoms with E-state index in [1.807, 2.05) is 0 Å². The van der Waals surface area contributed by atoms with Crippen LogP contribution >= 0.6 is 0 Å². The Kier molecular flexibility index (Phi) is 3.54.